The van der Waals surface area contributed by atoms with Crippen LogP contribution in [0.25, 0.3) is 22.2 Å². The van der Waals surface area contributed by atoms with E-state index in [4.69, 9.17) is 9.26 Å². The number of rotatable bonds is 5. The first-order chi connectivity index (χ1) is 14.5. The summed E-state index contributed by atoms with van der Waals surface area (Å²) < 4.78 is 10.6. The maximum Gasteiger partial charge on any atom is 0.338 e. The van der Waals surface area contributed by atoms with Gasteiger partial charge >= 0.3 is 5.97 Å². The third-order valence-corrected chi connectivity index (χ3v) is 4.59. The predicted molar refractivity (Wildman–Crippen MR) is 114 cm³/mol. The highest BCUT2D eigenvalue weighted by molar-refractivity contribution is 6.00. The summed E-state index contributed by atoms with van der Waals surface area (Å²) in [7, 11) is 0. The van der Waals surface area contributed by atoms with Gasteiger partial charge in [-0.3, -0.25) is 4.79 Å². The third kappa shape index (κ3) is 4.22. The minimum absolute atomic E-state index is 0.321. The van der Waals surface area contributed by atoms with Gasteiger partial charge < -0.3 is 14.6 Å². The first-order valence-electron chi connectivity index (χ1n) is 9.50. The second-order valence-corrected chi connectivity index (χ2v) is 7.11. The van der Waals surface area contributed by atoms with Crippen LogP contribution < -0.4 is 5.32 Å². The van der Waals surface area contributed by atoms with E-state index >= 15 is 0 Å². The number of aryl methyl sites for hydroxylation is 2. The summed E-state index contributed by atoms with van der Waals surface area (Å²) in [6, 6.07) is 20.2. The highest BCUT2D eigenvalue weighted by Crippen LogP contribution is 2.29. The normalized spacial score (nSPS) is 10.7. The van der Waals surface area contributed by atoms with Crippen LogP contribution in [0.3, 0.4) is 0 Å². The molecule has 1 N–H and O–H groups in total. The molecular formula is C24H20N2O4. The molecular weight excluding hydrogens is 380 g/mol. The average molecular weight is 400 g/mol. The van der Waals surface area contributed by atoms with Crippen molar-refractivity contribution in [2.75, 3.05) is 11.9 Å². The maximum atomic E-state index is 12.5. The minimum Gasteiger partial charge on any atom is -0.452 e. The zero-order valence-corrected chi connectivity index (χ0v) is 16.6. The van der Waals surface area contributed by atoms with Gasteiger partial charge in [-0.25, -0.2) is 4.79 Å². The van der Waals surface area contributed by atoms with Gasteiger partial charge in [0.15, 0.2) is 12.4 Å². The van der Waals surface area contributed by atoms with Crippen LogP contribution >= 0.6 is 0 Å². The van der Waals surface area contributed by atoms with Crippen molar-refractivity contribution in [3.8, 4) is 11.3 Å². The number of nitrogens with one attached hydrogen (secondary N) is 1. The summed E-state index contributed by atoms with van der Waals surface area (Å²) >= 11 is 0. The van der Waals surface area contributed by atoms with Gasteiger partial charge in [-0.2, -0.15) is 0 Å². The van der Waals surface area contributed by atoms with Crippen LogP contribution in [0.5, 0.6) is 0 Å². The van der Waals surface area contributed by atoms with Gasteiger partial charge in [-0.1, -0.05) is 41.6 Å². The number of benzene rings is 3. The largest absolute Gasteiger partial charge is 0.452 e. The monoisotopic (exact) mass is 400 g/mol. The Balaban J connectivity index is 1.46. The average Bonchev–Trinajstić information content (AvgIpc) is 3.15. The zero-order valence-electron chi connectivity index (χ0n) is 16.6. The number of fused-ring (bicyclic) bond motifs is 1. The lowest BCUT2D eigenvalue weighted by molar-refractivity contribution is -0.119. The fraction of sp³-hybridized carbons (Fsp3) is 0.125. The molecule has 6 heteroatoms. The topological polar surface area (TPSA) is 81.4 Å². The van der Waals surface area contributed by atoms with Crippen molar-refractivity contribution in [3.05, 3.63) is 83.4 Å². The number of carbonyl (C=O) groups is 2. The highest BCUT2D eigenvalue weighted by Gasteiger charge is 2.16. The van der Waals surface area contributed by atoms with Crippen molar-refractivity contribution in [3.63, 3.8) is 0 Å². The summed E-state index contributed by atoms with van der Waals surface area (Å²) in [6.45, 7) is 3.53. The fourth-order valence-electron chi connectivity index (χ4n) is 3.32. The zero-order chi connectivity index (χ0) is 21.1. The number of carbonyl (C=O) groups excluding carboxylic acids is 2. The van der Waals surface area contributed by atoms with Crippen molar-refractivity contribution < 1.29 is 18.8 Å². The Kier molecular flexibility index (Phi) is 5.30. The molecule has 3 aromatic carbocycles. The van der Waals surface area contributed by atoms with Gasteiger partial charge in [0.25, 0.3) is 5.91 Å². The van der Waals surface area contributed by atoms with Crippen molar-refractivity contribution >= 4 is 28.5 Å². The van der Waals surface area contributed by atoms with E-state index in [1.807, 2.05) is 62.4 Å². The molecule has 1 amide bonds. The number of nitrogens with zero attached hydrogens (tertiary/aromatic N) is 1. The van der Waals surface area contributed by atoms with E-state index in [0.29, 0.717) is 27.9 Å². The highest BCUT2D eigenvalue weighted by atomic mass is 16.5. The molecule has 4 rings (SSSR count). The standard InChI is InChI=1S/C24H20N2O4/c1-15-10-16(2)12-19(11-15)25-22(27)14-29-24(28)18-8-9-21-20(13-18)23(30-26-21)17-6-4-3-5-7-17/h3-13H,14H2,1-2H3,(H,25,27). The molecule has 0 atom stereocenters. The Morgan fingerprint density at radius 1 is 0.967 bits per heavy atom. The number of hydrogen-bond donors (Lipinski definition) is 1. The molecule has 0 spiro atoms. The van der Waals surface area contributed by atoms with Crippen LogP contribution in [0.15, 0.2) is 71.3 Å². The molecule has 6 nitrogen and oxygen atoms in total. The van der Waals surface area contributed by atoms with Crippen LogP contribution in [-0.4, -0.2) is 23.6 Å². The third-order valence-electron chi connectivity index (χ3n) is 4.59. The van der Waals surface area contributed by atoms with E-state index in [1.54, 1.807) is 18.2 Å². The predicted octanol–water partition coefficient (Wildman–Crippen LogP) is 4.91. The van der Waals surface area contributed by atoms with Gasteiger partial charge in [0.2, 0.25) is 0 Å². The smallest absolute Gasteiger partial charge is 0.338 e. The Morgan fingerprint density at radius 2 is 1.70 bits per heavy atom. The second kappa shape index (κ2) is 8.21. The Labute approximate surface area is 173 Å². The van der Waals surface area contributed by atoms with Gasteiger partial charge in [-0.15, -0.1) is 0 Å². The van der Waals surface area contributed by atoms with E-state index in [2.05, 4.69) is 10.5 Å². The SMILES string of the molecule is Cc1cc(C)cc(NC(=O)COC(=O)c2ccc3noc(-c4ccccc4)c3c2)c1. The molecule has 0 unspecified atom stereocenters. The quantitative estimate of drug-likeness (QED) is 0.482. The van der Waals surface area contributed by atoms with Crippen molar-refractivity contribution in [2.24, 2.45) is 0 Å². The molecule has 0 bridgehead atoms. The van der Waals surface area contributed by atoms with E-state index < -0.39 is 11.9 Å². The summed E-state index contributed by atoms with van der Waals surface area (Å²) in [5.41, 5.74) is 4.57. The second-order valence-electron chi connectivity index (χ2n) is 7.11. The first-order valence-corrected chi connectivity index (χ1v) is 9.50. The molecule has 150 valence electrons. The summed E-state index contributed by atoms with van der Waals surface area (Å²) in [5.74, 6) is -0.412. The number of anilines is 1. The summed E-state index contributed by atoms with van der Waals surface area (Å²) in [6.07, 6.45) is 0. The molecule has 0 aliphatic carbocycles. The number of esters is 1. The van der Waals surface area contributed by atoms with Crippen LogP contribution in [-0.2, 0) is 9.53 Å². The Hall–Kier alpha value is -3.93. The Bertz CT molecular complexity index is 1210. The van der Waals surface area contributed by atoms with E-state index in [1.165, 1.54) is 0 Å². The lowest BCUT2D eigenvalue weighted by Gasteiger charge is -2.08. The first kappa shape index (κ1) is 19.4. The van der Waals surface area contributed by atoms with Crippen molar-refractivity contribution in [2.45, 2.75) is 13.8 Å². The lowest BCUT2D eigenvalue weighted by Crippen LogP contribution is -2.21. The van der Waals surface area contributed by atoms with Crippen LogP contribution in [0.4, 0.5) is 5.69 Å². The number of hydrogen-bond acceptors (Lipinski definition) is 5. The van der Waals surface area contributed by atoms with E-state index in [9.17, 15) is 9.59 Å². The molecule has 1 aromatic heterocycles. The van der Waals surface area contributed by atoms with Gasteiger partial charge in [0, 0.05) is 11.3 Å². The summed E-state index contributed by atoms with van der Waals surface area (Å²) in [4.78, 5) is 24.6. The van der Waals surface area contributed by atoms with Crippen molar-refractivity contribution in [1.82, 2.24) is 5.16 Å². The summed E-state index contributed by atoms with van der Waals surface area (Å²) in [5, 5.41) is 7.49. The van der Waals surface area contributed by atoms with Gasteiger partial charge in [-0.05, 0) is 55.3 Å². The van der Waals surface area contributed by atoms with E-state index in [-0.39, 0.29) is 6.61 Å². The molecule has 1 heterocycles. The lowest BCUT2D eigenvalue weighted by atomic mass is 10.1. The molecule has 0 fully saturated rings. The molecule has 0 aliphatic heterocycles. The molecule has 30 heavy (non-hydrogen) atoms. The van der Waals surface area contributed by atoms with Crippen molar-refractivity contribution in [1.29, 1.82) is 0 Å². The molecule has 0 saturated carbocycles. The maximum absolute atomic E-state index is 12.5. The fourth-order valence-corrected chi connectivity index (χ4v) is 3.32. The molecule has 0 aliphatic rings. The van der Waals surface area contributed by atoms with Crippen LogP contribution in [0.2, 0.25) is 0 Å². The van der Waals surface area contributed by atoms with Crippen LogP contribution in [0, 0.1) is 13.8 Å². The number of ether oxygens (including phenoxy) is 1. The minimum atomic E-state index is -0.590. The number of amides is 1. The van der Waals surface area contributed by atoms with Gasteiger partial charge in [0.05, 0.1) is 10.9 Å². The van der Waals surface area contributed by atoms with Gasteiger partial charge in [0.1, 0.15) is 5.52 Å². The van der Waals surface area contributed by atoms with E-state index in [0.717, 1.165) is 16.7 Å². The number of aromatic nitrogens is 1. The Morgan fingerprint density at radius 3 is 2.43 bits per heavy atom. The molecule has 0 radical (unpaired) electrons. The molecule has 4 aromatic rings. The molecule has 0 saturated heterocycles. The van der Waals surface area contributed by atoms with Crippen LogP contribution in [0.1, 0.15) is 21.5 Å².